The monoisotopic (exact) mass is 498 g/mol. The molecular weight excluding hydrogens is 472 g/mol. The SMILES string of the molecule is [N-]=[N+]=NC1CCC(C(OC(c2ccccc2)C2CCC(N=[N+]=[N-])C2N=[N+]=[N-])c2ccccc2)C1N=[N+]=[N-]. The average Bonchev–Trinajstić information content (AvgIpc) is 3.51. The number of benzene rings is 2. The predicted molar refractivity (Wildman–Crippen MR) is 137 cm³/mol. The van der Waals surface area contributed by atoms with Gasteiger partial charge in [0.15, 0.2) is 0 Å². The van der Waals surface area contributed by atoms with Gasteiger partial charge in [-0.3, -0.25) is 0 Å². The largest absolute Gasteiger partial charge is 0.365 e. The number of rotatable bonds is 10. The molecule has 0 bridgehead atoms. The Bertz CT molecular complexity index is 1150. The molecule has 13 heteroatoms. The normalized spacial score (nSPS) is 28.0. The zero-order chi connectivity index (χ0) is 26.0. The smallest absolute Gasteiger partial charge is 0.0865 e. The highest BCUT2D eigenvalue weighted by molar-refractivity contribution is 5.24. The molecule has 2 fully saturated rings. The van der Waals surface area contributed by atoms with Crippen molar-refractivity contribution in [3.63, 3.8) is 0 Å². The van der Waals surface area contributed by atoms with Crippen LogP contribution in [0.3, 0.4) is 0 Å². The zero-order valence-electron chi connectivity index (χ0n) is 20.0. The molecule has 2 aliphatic carbocycles. The lowest BCUT2D eigenvalue weighted by Gasteiger charge is -2.36. The topological polar surface area (TPSA) is 204 Å². The summed E-state index contributed by atoms with van der Waals surface area (Å²) < 4.78 is 6.96. The highest BCUT2D eigenvalue weighted by Gasteiger charge is 2.45. The maximum atomic E-state index is 9.29. The summed E-state index contributed by atoms with van der Waals surface area (Å²) in [4.78, 5) is 12.0. The molecule has 2 saturated carbocycles. The Morgan fingerprint density at radius 3 is 1.30 bits per heavy atom. The molecule has 8 atom stereocenters. The van der Waals surface area contributed by atoms with Gasteiger partial charge in [0.05, 0.1) is 24.3 Å². The lowest BCUT2D eigenvalue weighted by atomic mass is 9.87. The second-order valence-corrected chi connectivity index (χ2v) is 9.22. The van der Waals surface area contributed by atoms with Crippen molar-refractivity contribution in [3.05, 3.63) is 114 Å². The molecule has 0 heterocycles. The molecule has 0 aromatic heterocycles. The fraction of sp³-hybridized carbons (Fsp3) is 0.500. The van der Waals surface area contributed by atoms with E-state index in [2.05, 4.69) is 40.1 Å². The van der Waals surface area contributed by atoms with Crippen molar-refractivity contribution >= 4 is 0 Å². The van der Waals surface area contributed by atoms with E-state index in [1.165, 1.54) is 0 Å². The first-order valence-corrected chi connectivity index (χ1v) is 12.1. The molecule has 0 aliphatic heterocycles. The van der Waals surface area contributed by atoms with Crippen LogP contribution in [0.2, 0.25) is 0 Å². The summed E-state index contributed by atoms with van der Waals surface area (Å²) in [5.74, 6) is -0.487. The van der Waals surface area contributed by atoms with Crippen LogP contribution in [0, 0.1) is 11.8 Å². The molecule has 188 valence electrons. The van der Waals surface area contributed by atoms with Crippen LogP contribution in [-0.4, -0.2) is 24.2 Å². The quantitative estimate of drug-likeness (QED) is 0.178. The summed E-state index contributed by atoms with van der Waals surface area (Å²) >= 11 is 0. The first kappa shape index (κ1) is 25.7. The molecule has 2 aromatic carbocycles. The van der Waals surface area contributed by atoms with Crippen molar-refractivity contribution in [2.75, 3.05) is 0 Å². The number of hydrogen-bond donors (Lipinski definition) is 0. The number of azide groups is 4. The van der Waals surface area contributed by atoms with Crippen molar-refractivity contribution < 1.29 is 4.74 Å². The van der Waals surface area contributed by atoms with Crippen LogP contribution in [0.5, 0.6) is 0 Å². The lowest BCUT2D eigenvalue weighted by Crippen LogP contribution is -2.32. The Labute approximate surface area is 213 Å². The highest BCUT2D eigenvalue weighted by atomic mass is 16.5. The third kappa shape index (κ3) is 5.73. The molecule has 4 rings (SSSR count). The zero-order valence-corrected chi connectivity index (χ0v) is 20.0. The maximum absolute atomic E-state index is 9.29. The number of ether oxygens (including phenoxy) is 1. The summed E-state index contributed by atoms with van der Waals surface area (Å²) in [5, 5.41) is 15.8. The van der Waals surface area contributed by atoms with E-state index in [0.717, 1.165) is 11.1 Å². The van der Waals surface area contributed by atoms with E-state index in [9.17, 15) is 11.1 Å². The van der Waals surface area contributed by atoms with Gasteiger partial charge in [-0.25, -0.2) is 0 Å². The standard InChI is InChI=1S/C24H26N12O/c25-33-29-19-13-11-17(21(19)31-35-27)23(15-7-3-1-4-8-15)37-24(16-9-5-2-6-10-16)18-12-14-20(30-34-26)22(18)32-36-28/h1-10,17-24H,11-14H2. The minimum Gasteiger partial charge on any atom is -0.365 e. The predicted octanol–water partition coefficient (Wildman–Crippen LogP) is 8.02. The van der Waals surface area contributed by atoms with Gasteiger partial charge < -0.3 is 4.74 Å². The van der Waals surface area contributed by atoms with E-state index >= 15 is 0 Å². The van der Waals surface area contributed by atoms with Crippen molar-refractivity contribution in [2.45, 2.75) is 62.1 Å². The minimum absolute atomic E-state index is 0.243. The fourth-order valence-electron chi connectivity index (χ4n) is 5.77. The van der Waals surface area contributed by atoms with E-state index < -0.39 is 36.4 Å². The van der Waals surface area contributed by atoms with Gasteiger partial charge in [-0.1, -0.05) is 81.1 Å². The number of nitrogens with zero attached hydrogens (tertiary/aromatic N) is 12. The Balaban J connectivity index is 1.78. The third-order valence-electron chi connectivity index (χ3n) is 7.35. The summed E-state index contributed by atoms with van der Waals surface area (Å²) in [6, 6.07) is 17.3. The minimum atomic E-state index is -0.574. The van der Waals surface area contributed by atoms with Gasteiger partial charge in [-0.15, -0.1) is 0 Å². The van der Waals surface area contributed by atoms with Gasteiger partial charge in [0.1, 0.15) is 0 Å². The van der Waals surface area contributed by atoms with E-state index in [4.69, 9.17) is 15.8 Å². The van der Waals surface area contributed by atoms with Gasteiger partial charge in [0, 0.05) is 31.7 Å². The van der Waals surface area contributed by atoms with Gasteiger partial charge in [0.2, 0.25) is 0 Å². The Morgan fingerprint density at radius 1 is 0.568 bits per heavy atom. The molecule has 0 amide bonds. The summed E-state index contributed by atoms with van der Waals surface area (Å²) in [6.45, 7) is 0. The van der Waals surface area contributed by atoms with Crippen LogP contribution in [0.1, 0.15) is 49.0 Å². The van der Waals surface area contributed by atoms with E-state index in [1.54, 1.807) is 0 Å². The van der Waals surface area contributed by atoms with Crippen LogP contribution in [0.4, 0.5) is 0 Å². The molecule has 2 aliphatic rings. The Morgan fingerprint density at radius 2 is 0.946 bits per heavy atom. The van der Waals surface area contributed by atoms with Crippen LogP contribution in [0.25, 0.3) is 41.8 Å². The molecule has 13 nitrogen and oxygen atoms in total. The summed E-state index contributed by atoms with van der Waals surface area (Å²) in [7, 11) is 0. The van der Waals surface area contributed by atoms with Crippen molar-refractivity contribution in [1.29, 1.82) is 0 Å². The van der Waals surface area contributed by atoms with Gasteiger partial charge in [0.25, 0.3) is 0 Å². The molecule has 0 spiro atoms. The molecule has 2 aromatic rings. The summed E-state index contributed by atoms with van der Waals surface area (Å²) in [5.41, 5.74) is 38.5. The first-order valence-electron chi connectivity index (χ1n) is 12.1. The van der Waals surface area contributed by atoms with Crippen molar-refractivity contribution in [3.8, 4) is 0 Å². The van der Waals surface area contributed by atoms with E-state index in [-0.39, 0.29) is 11.8 Å². The lowest BCUT2D eigenvalue weighted by molar-refractivity contribution is -0.0774. The van der Waals surface area contributed by atoms with Crippen LogP contribution in [-0.2, 0) is 4.74 Å². The third-order valence-corrected chi connectivity index (χ3v) is 7.35. The van der Waals surface area contributed by atoms with Crippen LogP contribution in [0.15, 0.2) is 81.1 Å². The first-order chi connectivity index (χ1) is 18.2. The molecule has 37 heavy (non-hydrogen) atoms. The summed E-state index contributed by atoms with van der Waals surface area (Å²) in [6.07, 6.45) is 1.44. The number of hydrogen-bond acceptors (Lipinski definition) is 5. The molecule has 0 N–H and O–H groups in total. The molecule has 8 unspecified atom stereocenters. The second kappa shape index (κ2) is 12.6. The van der Waals surface area contributed by atoms with E-state index in [0.29, 0.717) is 25.7 Å². The maximum Gasteiger partial charge on any atom is 0.0865 e. The van der Waals surface area contributed by atoms with Gasteiger partial charge in [-0.2, -0.15) is 0 Å². The molecule has 0 radical (unpaired) electrons. The second-order valence-electron chi connectivity index (χ2n) is 9.22. The molecular formula is C24H26N12O. The Kier molecular flexibility index (Phi) is 8.73. The Hall–Kier alpha value is -4.36. The fourth-order valence-corrected chi connectivity index (χ4v) is 5.77. The average molecular weight is 499 g/mol. The van der Waals surface area contributed by atoms with E-state index in [1.807, 2.05) is 60.7 Å². The van der Waals surface area contributed by atoms with Gasteiger partial charge in [-0.05, 0) is 70.8 Å². The van der Waals surface area contributed by atoms with Crippen LogP contribution < -0.4 is 0 Å². The van der Waals surface area contributed by atoms with Crippen LogP contribution >= 0.6 is 0 Å². The van der Waals surface area contributed by atoms with Gasteiger partial charge >= 0.3 is 0 Å². The van der Waals surface area contributed by atoms with Crippen molar-refractivity contribution in [1.82, 2.24) is 0 Å². The molecule has 0 saturated heterocycles. The highest BCUT2D eigenvalue weighted by Crippen LogP contribution is 2.48. The van der Waals surface area contributed by atoms with Crippen molar-refractivity contribution in [2.24, 2.45) is 32.3 Å².